The zero-order valence-corrected chi connectivity index (χ0v) is 29.6. The van der Waals surface area contributed by atoms with Gasteiger partial charge in [0.2, 0.25) is 5.91 Å². The number of alkyl halides is 3. The molecule has 3 saturated heterocycles. The van der Waals surface area contributed by atoms with Gasteiger partial charge in [0.15, 0.2) is 0 Å². The number of methoxy groups -OCH3 is 1. The molecule has 4 amide bonds. The minimum atomic E-state index is -4.35. The first-order valence-corrected chi connectivity index (χ1v) is 18.1. The summed E-state index contributed by atoms with van der Waals surface area (Å²) >= 11 is 0. The third kappa shape index (κ3) is 9.70. The van der Waals surface area contributed by atoms with Gasteiger partial charge in [-0.05, 0) is 93.6 Å². The van der Waals surface area contributed by atoms with E-state index in [9.17, 15) is 27.6 Å². The number of para-hydroxylation sites is 1. The molecule has 2 aromatic rings. The Morgan fingerprint density at radius 1 is 0.860 bits per heavy atom. The SMILES string of the molecule is CC1CCN(C2CCN(C(=O)[C@H](C)Cc3cccc(C(F)(F)F)c3)CC2)CC1.COC(=O)N1CCC(N2CCc3ccccc3NC2=O)CC1. The standard InChI is InChI=1S/C22H31F3N2O.C16H21N3O3/c1-16-6-10-26(11-7-16)20-8-12-27(13-9-20)21(28)17(2)14-18-4-3-5-19(15-18)22(23,24)25;1-22-16(21)18-9-7-13(8-10-18)19-11-6-12-4-2-3-5-14(12)17-15(19)20/h3-5,15-17,20H,6-14H2,1-2H3;2-5,13H,6-11H2,1H3,(H,17,20)/t17-;/m1./s1. The fourth-order valence-corrected chi connectivity index (χ4v) is 7.70. The molecule has 0 aromatic heterocycles. The lowest BCUT2D eigenvalue weighted by Crippen LogP contribution is -2.50. The number of rotatable bonds is 5. The number of urea groups is 1. The van der Waals surface area contributed by atoms with Crippen LogP contribution in [0, 0.1) is 11.8 Å². The smallest absolute Gasteiger partial charge is 0.416 e. The Labute approximate surface area is 294 Å². The number of carbonyl (C=O) groups is 3. The highest BCUT2D eigenvalue weighted by Gasteiger charge is 2.33. The Bertz CT molecular complexity index is 1450. The number of nitrogens with zero attached hydrogens (tertiary/aromatic N) is 4. The van der Waals surface area contributed by atoms with Gasteiger partial charge in [-0.2, -0.15) is 13.2 Å². The summed E-state index contributed by atoms with van der Waals surface area (Å²) in [7, 11) is 1.40. The van der Waals surface area contributed by atoms with Gasteiger partial charge in [0, 0.05) is 56.4 Å². The zero-order valence-electron chi connectivity index (χ0n) is 29.6. The summed E-state index contributed by atoms with van der Waals surface area (Å²) < 4.78 is 43.4. The summed E-state index contributed by atoms with van der Waals surface area (Å²) in [6, 6.07) is 13.9. The molecule has 4 heterocycles. The molecule has 4 aliphatic rings. The quantitative estimate of drug-likeness (QED) is 0.367. The highest BCUT2D eigenvalue weighted by atomic mass is 19.4. The molecule has 0 aliphatic carbocycles. The summed E-state index contributed by atoms with van der Waals surface area (Å²) in [5.41, 5.74) is 1.99. The number of benzene rings is 2. The molecule has 3 fully saturated rings. The number of halogens is 3. The first-order chi connectivity index (χ1) is 23.9. The van der Waals surface area contributed by atoms with Crippen LogP contribution in [0.4, 0.5) is 28.4 Å². The highest BCUT2D eigenvalue weighted by molar-refractivity contribution is 5.91. The van der Waals surface area contributed by atoms with Gasteiger partial charge in [0.05, 0.1) is 12.7 Å². The predicted octanol–water partition coefficient (Wildman–Crippen LogP) is 6.91. The Kier molecular flexibility index (Phi) is 12.7. The number of hydrogen-bond acceptors (Lipinski definition) is 5. The largest absolute Gasteiger partial charge is 0.453 e. The molecule has 1 N–H and O–H groups in total. The molecule has 0 unspecified atom stereocenters. The number of likely N-dealkylation sites (tertiary alicyclic amines) is 3. The van der Waals surface area contributed by atoms with E-state index in [1.165, 1.54) is 31.6 Å². The molecule has 9 nitrogen and oxygen atoms in total. The van der Waals surface area contributed by atoms with Crippen molar-refractivity contribution in [1.82, 2.24) is 19.6 Å². The summed E-state index contributed by atoms with van der Waals surface area (Å²) in [5, 5.41) is 3.00. The Morgan fingerprint density at radius 2 is 1.50 bits per heavy atom. The van der Waals surface area contributed by atoms with E-state index in [1.807, 2.05) is 34.9 Å². The molecule has 12 heteroatoms. The van der Waals surface area contributed by atoms with Gasteiger partial charge >= 0.3 is 18.3 Å². The van der Waals surface area contributed by atoms with Crippen molar-refractivity contribution in [3.8, 4) is 0 Å². The second-order valence-corrected chi connectivity index (χ2v) is 14.3. The van der Waals surface area contributed by atoms with E-state index in [4.69, 9.17) is 4.74 Å². The van der Waals surface area contributed by atoms with Crippen LogP contribution < -0.4 is 5.32 Å². The van der Waals surface area contributed by atoms with Crippen molar-refractivity contribution in [3.63, 3.8) is 0 Å². The highest BCUT2D eigenvalue weighted by Crippen LogP contribution is 2.31. The number of carbonyl (C=O) groups excluding carboxylic acids is 3. The van der Waals surface area contributed by atoms with E-state index in [2.05, 4.69) is 23.2 Å². The van der Waals surface area contributed by atoms with Gasteiger partial charge in [-0.15, -0.1) is 0 Å². The second kappa shape index (κ2) is 16.9. The van der Waals surface area contributed by atoms with E-state index < -0.39 is 11.7 Å². The fourth-order valence-electron chi connectivity index (χ4n) is 7.70. The molecule has 2 aromatic carbocycles. The zero-order chi connectivity index (χ0) is 35.8. The van der Waals surface area contributed by atoms with Crippen LogP contribution in [-0.4, -0.2) is 103 Å². The first-order valence-electron chi connectivity index (χ1n) is 18.1. The maximum atomic E-state index is 12.9. The lowest BCUT2D eigenvalue weighted by Gasteiger charge is -2.41. The van der Waals surface area contributed by atoms with E-state index in [1.54, 1.807) is 11.0 Å². The molecule has 6 rings (SSSR count). The maximum Gasteiger partial charge on any atom is 0.416 e. The van der Waals surface area contributed by atoms with Crippen molar-refractivity contribution in [2.24, 2.45) is 11.8 Å². The second-order valence-electron chi connectivity index (χ2n) is 14.3. The van der Waals surface area contributed by atoms with Crippen molar-refractivity contribution < 1.29 is 32.3 Å². The van der Waals surface area contributed by atoms with Crippen molar-refractivity contribution in [2.45, 2.75) is 83.5 Å². The molecule has 1 atom stereocenters. The lowest BCUT2D eigenvalue weighted by molar-refractivity contribution is -0.137. The van der Waals surface area contributed by atoms with E-state index in [-0.39, 0.29) is 30.0 Å². The van der Waals surface area contributed by atoms with E-state index >= 15 is 0 Å². The number of anilines is 1. The van der Waals surface area contributed by atoms with Crippen LogP contribution >= 0.6 is 0 Å². The van der Waals surface area contributed by atoms with Crippen LogP contribution in [0.2, 0.25) is 0 Å². The van der Waals surface area contributed by atoms with Crippen LogP contribution in [0.3, 0.4) is 0 Å². The van der Waals surface area contributed by atoms with Gasteiger partial charge in [-0.1, -0.05) is 50.2 Å². The van der Waals surface area contributed by atoms with E-state index in [0.717, 1.165) is 82.0 Å². The van der Waals surface area contributed by atoms with E-state index in [0.29, 0.717) is 37.7 Å². The van der Waals surface area contributed by atoms with Crippen LogP contribution in [0.25, 0.3) is 0 Å². The predicted molar refractivity (Wildman–Crippen MR) is 187 cm³/mol. The number of amides is 4. The molecule has 0 saturated carbocycles. The van der Waals surface area contributed by atoms with Gasteiger partial charge in [-0.3, -0.25) is 4.79 Å². The Morgan fingerprint density at radius 3 is 2.16 bits per heavy atom. The number of fused-ring (bicyclic) bond motifs is 1. The first kappa shape index (κ1) is 37.5. The molecule has 0 bridgehead atoms. The summed E-state index contributed by atoms with van der Waals surface area (Å²) in [4.78, 5) is 44.9. The van der Waals surface area contributed by atoms with Crippen molar-refractivity contribution in [2.75, 3.05) is 58.2 Å². The molecule has 50 heavy (non-hydrogen) atoms. The molecule has 0 radical (unpaired) electrons. The third-order valence-electron chi connectivity index (χ3n) is 10.8. The lowest BCUT2D eigenvalue weighted by atomic mass is 9.93. The normalized spacial score (nSPS) is 20.6. The molecule has 4 aliphatic heterocycles. The fraction of sp³-hybridized carbons (Fsp3) is 0.605. The van der Waals surface area contributed by atoms with Gasteiger partial charge in [-0.25, -0.2) is 9.59 Å². The number of piperidine rings is 3. The monoisotopic (exact) mass is 699 g/mol. The summed E-state index contributed by atoms with van der Waals surface area (Å²) in [6.07, 6.45) is 2.65. The number of nitrogens with one attached hydrogen (secondary N) is 1. The topological polar surface area (TPSA) is 85.4 Å². The Balaban J connectivity index is 0.000000200. The Hall–Kier alpha value is -3.80. The molecular weight excluding hydrogens is 647 g/mol. The number of hydrogen-bond donors (Lipinski definition) is 1. The molecule has 274 valence electrons. The minimum Gasteiger partial charge on any atom is -0.453 e. The van der Waals surface area contributed by atoms with Crippen molar-refractivity contribution >= 4 is 23.7 Å². The average molecular weight is 700 g/mol. The minimum absolute atomic E-state index is 0.0403. The van der Waals surface area contributed by atoms with Gasteiger partial charge in [0.1, 0.15) is 0 Å². The summed E-state index contributed by atoms with van der Waals surface area (Å²) in [6.45, 7) is 9.93. The van der Waals surface area contributed by atoms with Crippen molar-refractivity contribution in [1.29, 1.82) is 0 Å². The van der Waals surface area contributed by atoms with Crippen LogP contribution in [-0.2, 0) is 28.5 Å². The third-order valence-corrected chi connectivity index (χ3v) is 10.8. The van der Waals surface area contributed by atoms with Crippen LogP contribution in [0.1, 0.15) is 69.1 Å². The van der Waals surface area contributed by atoms with Crippen molar-refractivity contribution in [3.05, 3.63) is 65.2 Å². The molecule has 0 spiro atoms. The maximum absolute atomic E-state index is 12.9. The average Bonchev–Trinajstić information content (AvgIpc) is 3.29. The molecular formula is C38H52F3N5O4. The van der Waals surface area contributed by atoms with Gasteiger partial charge < -0.3 is 29.7 Å². The summed E-state index contributed by atoms with van der Waals surface area (Å²) in [5.74, 6) is 0.564. The van der Waals surface area contributed by atoms with Crippen LogP contribution in [0.5, 0.6) is 0 Å². The number of ether oxygens (including phenoxy) is 1. The van der Waals surface area contributed by atoms with Gasteiger partial charge in [0.25, 0.3) is 0 Å². The van der Waals surface area contributed by atoms with Crippen LogP contribution in [0.15, 0.2) is 48.5 Å².